The number of rotatable bonds is 4. The van der Waals surface area contributed by atoms with Gasteiger partial charge in [-0.25, -0.2) is 4.98 Å². The van der Waals surface area contributed by atoms with Crippen LogP contribution in [0.2, 0.25) is 5.02 Å². The molecule has 0 bridgehead atoms. The molecule has 0 fully saturated rings. The summed E-state index contributed by atoms with van der Waals surface area (Å²) in [5, 5.41) is 12.8. The zero-order valence-electron chi connectivity index (χ0n) is 13.5. The number of esters is 1. The van der Waals surface area contributed by atoms with Crippen LogP contribution < -0.4 is 10.1 Å². The Morgan fingerprint density at radius 3 is 3.00 bits per heavy atom. The van der Waals surface area contributed by atoms with Crippen LogP contribution in [0.25, 0.3) is 22.2 Å². The van der Waals surface area contributed by atoms with Crippen molar-refractivity contribution in [1.82, 2.24) is 20.2 Å². The van der Waals surface area contributed by atoms with E-state index in [4.69, 9.17) is 16.3 Å². The maximum absolute atomic E-state index is 11.0. The number of aromatic nitrogens is 4. The van der Waals surface area contributed by atoms with Crippen LogP contribution in [0, 0.1) is 0 Å². The van der Waals surface area contributed by atoms with Crippen molar-refractivity contribution in [2.45, 2.75) is 6.92 Å². The summed E-state index contributed by atoms with van der Waals surface area (Å²) in [5.41, 5.74) is 2.45. The molecule has 0 unspecified atom stereocenters. The molecule has 0 aliphatic heterocycles. The van der Waals surface area contributed by atoms with E-state index in [0.717, 1.165) is 16.5 Å². The van der Waals surface area contributed by atoms with Crippen molar-refractivity contribution in [3.8, 4) is 16.3 Å². The number of fused-ring (bicyclic) bond motifs is 1. The van der Waals surface area contributed by atoms with Crippen molar-refractivity contribution in [2.24, 2.45) is 0 Å². The van der Waals surface area contributed by atoms with E-state index in [9.17, 15) is 4.79 Å². The number of hydrogen-bond donors (Lipinski definition) is 2. The van der Waals surface area contributed by atoms with E-state index in [1.807, 2.05) is 18.2 Å². The average Bonchev–Trinajstić information content (AvgIpc) is 3.22. The van der Waals surface area contributed by atoms with E-state index in [-0.39, 0.29) is 5.97 Å². The molecular weight excluding hydrogens is 374 g/mol. The highest BCUT2D eigenvalue weighted by molar-refractivity contribution is 7.17. The first-order valence-corrected chi connectivity index (χ1v) is 8.80. The van der Waals surface area contributed by atoms with E-state index < -0.39 is 0 Å². The number of nitrogens with one attached hydrogen (secondary N) is 2. The Hall–Kier alpha value is -2.97. The number of H-pyrrole nitrogens is 1. The molecule has 3 heterocycles. The Labute approximate surface area is 157 Å². The lowest BCUT2D eigenvalue weighted by Gasteiger charge is -2.04. The second-order valence-electron chi connectivity index (χ2n) is 5.37. The molecule has 0 aliphatic carbocycles. The lowest BCUT2D eigenvalue weighted by molar-refractivity contribution is -0.131. The second-order valence-corrected chi connectivity index (χ2v) is 6.77. The van der Waals surface area contributed by atoms with Crippen LogP contribution in [0.3, 0.4) is 0 Å². The lowest BCUT2D eigenvalue weighted by Crippen LogP contribution is -1.99. The molecule has 0 radical (unpaired) electrons. The van der Waals surface area contributed by atoms with Crippen molar-refractivity contribution >= 4 is 50.8 Å². The predicted octanol–water partition coefficient (Wildman–Crippen LogP) is 4.40. The van der Waals surface area contributed by atoms with Gasteiger partial charge in [-0.05, 0) is 24.3 Å². The van der Waals surface area contributed by atoms with Crippen LogP contribution in [-0.2, 0) is 4.79 Å². The van der Waals surface area contributed by atoms with Gasteiger partial charge in [0, 0.05) is 24.1 Å². The van der Waals surface area contributed by atoms with Crippen LogP contribution in [-0.4, -0.2) is 26.1 Å². The third-order valence-electron chi connectivity index (χ3n) is 3.55. The molecule has 9 heteroatoms. The van der Waals surface area contributed by atoms with E-state index in [1.54, 1.807) is 18.3 Å². The van der Waals surface area contributed by atoms with E-state index >= 15 is 0 Å². The summed E-state index contributed by atoms with van der Waals surface area (Å²) >= 11 is 7.46. The SMILES string of the molecule is CC(=O)Oc1cnc(Nc2n[nH]c3ccc(-c4ncccc4Cl)cc23)s1. The maximum Gasteiger partial charge on any atom is 0.308 e. The zero-order chi connectivity index (χ0) is 18.1. The number of halogens is 1. The molecule has 130 valence electrons. The number of carbonyl (C=O) groups is 1. The monoisotopic (exact) mass is 385 g/mol. The van der Waals surface area contributed by atoms with Gasteiger partial charge in [-0.2, -0.15) is 5.10 Å². The third kappa shape index (κ3) is 3.24. The molecule has 7 nitrogen and oxygen atoms in total. The molecule has 2 N–H and O–H groups in total. The third-order valence-corrected chi connectivity index (χ3v) is 4.64. The van der Waals surface area contributed by atoms with Crippen molar-refractivity contribution in [3.63, 3.8) is 0 Å². The number of pyridine rings is 1. The Balaban J connectivity index is 1.68. The summed E-state index contributed by atoms with van der Waals surface area (Å²) in [5.74, 6) is 0.222. The molecular formula is C17H12ClN5O2S. The Bertz CT molecular complexity index is 1110. The van der Waals surface area contributed by atoms with E-state index in [1.165, 1.54) is 24.5 Å². The summed E-state index contributed by atoms with van der Waals surface area (Å²) in [4.78, 5) is 19.5. The zero-order valence-corrected chi connectivity index (χ0v) is 15.1. The highest BCUT2D eigenvalue weighted by Crippen LogP contribution is 2.33. The van der Waals surface area contributed by atoms with Crippen LogP contribution in [0.1, 0.15) is 6.92 Å². The van der Waals surface area contributed by atoms with Crippen LogP contribution >= 0.6 is 22.9 Å². The number of anilines is 2. The molecule has 0 saturated carbocycles. The Morgan fingerprint density at radius 2 is 2.19 bits per heavy atom. The number of benzene rings is 1. The topological polar surface area (TPSA) is 92.8 Å². The van der Waals surface area contributed by atoms with Crippen molar-refractivity contribution in [1.29, 1.82) is 0 Å². The number of thiazole rings is 1. The molecule has 0 spiro atoms. The molecule has 3 aromatic heterocycles. The highest BCUT2D eigenvalue weighted by atomic mass is 35.5. The fourth-order valence-electron chi connectivity index (χ4n) is 2.46. The van der Waals surface area contributed by atoms with Gasteiger partial charge in [-0.3, -0.25) is 14.9 Å². The van der Waals surface area contributed by atoms with Crippen LogP contribution in [0.5, 0.6) is 5.06 Å². The van der Waals surface area contributed by atoms with Crippen molar-refractivity contribution < 1.29 is 9.53 Å². The molecule has 0 amide bonds. The molecule has 26 heavy (non-hydrogen) atoms. The van der Waals surface area contributed by atoms with Gasteiger partial charge in [0.15, 0.2) is 10.9 Å². The van der Waals surface area contributed by atoms with Gasteiger partial charge in [0.1, 0.15) is 0 Å². The summed E-state index contributed by atoms with van der Waals surface area (Å²) in [6.45, 7) is 1.35. The maximum atomic E-state index is 11.0. The summed E-state index contributed by atoms with van der Waals surface area (Å²) in [6.07, 6.45) is 3.19. The Kier molecular flexibility index (Phi) is 4.27. The van der Waals surface area contributed by atoms with Gasteiger partial charge in [0.25, 0.3) is 0 Å². The number of ether oxygens (including phenoxy) is 1. The first-order valence-electron chi connectivity index (χ1n) is 7.60. The standard InChI is InChI=1S/C17H12ClN5O2S/c1-9(24)25-14-8-20-17(26-14)21-16-11-7-10(4-5-13(11)22-23-16)15-12(18)3-2-6-19-15/h2-8H,1H3,(H2,20,21,22,23). The van der Waals surface area contributed by atoms with Crippen molar-refractivity contribution in [3.05, 3.63) is 47.7 Å². The second kappa shape index (κ2) is 6.74. The fraction of sp³-hybridized carbons (Fsp3) is 0.0588. The van der Waals surface area contributed by atoms with Crippen molar-refractivity contribution in [2.75, 3.05) is 5.32 Å². The normalized spacial score (nSPS) is 10.8. The summed E-state index contributed by atoms with van der Waals surface area (Å²) in [6, 6.07) is 9.39. The number of aromatic amines is 1. The largest absolute Gasteiger partial charge is 0.414 e. The van der Waals surface area contributed by atoms with Gasteiger partial charge >= 0.3 is 5.97 Å². The molecule has 0 saturated heterocycles. The number of carbonyl (C=O) groups excluding carboxylic acids is 1. The summed E-state index contributed by atoms with van der Waals surface area (Å²) < 4.78 is 5.02. The lowest BCUT2D eigenvalue weighted by atomic mass is 10.1. The van der Waals surface area contributed by atoms with Gasteiger partial charge in [0.05, 0.1) is 22.4 Å². The minimum Gasteiger partial charge on any atom is -0.414 e. The first kappa shape index (κ1) is 16.5. The minimum atomic E-state index is -0.387. The number of hydrogen-bond acceptors (Lipinski definition) is 7. The highest BCUT2D eigenvalue weighted by Gasteiger charge is 2.12. The van der Waals surface area contributed by atoms with Gasteiger partial charge in [0.2, 0.25) is 5.06 Å². The molecule has 0 atom stereocenters. The molecule has 0 aliphatic rings. The van der Waals surface area contributed by atoms with Gasteiger partial charge in [-0.15, -0.1) is 0 Å². The quantitative estimate of drug-likeness (QED) is 0.505. The Morgan fingerprint density at radius 1 is 1.31 bits per heavy atom. The van der Waals surface area contributed by atoms with Crippen LogP contribution in [0.4, 0.5) is 10.9 Å². The molecule has 4 rings (SSSR count). The van der Waals surface area contributed by atoms with Gasteiger partial charge in [-0.1, -0.05) is 29.0 Å². The predicted molar refractivity (Wildman–Crippen MR) is 101 cm³/mol. The first-order chi connectivity index (χ1) is 12.6. The fourth-order valence-corrected chi connectivity index (χ4v) is 3.40. The molecule has 4 aromatic rings. The number of nitrogens with zero attached hydrogens (tertiary/aromatic N) is 3. The van der Waals surface area contributed by atoms with Gasteiger partial charge < -0.3 is 10.1 Å². The minimum absolute atomic E-state index is 0.387. The van der Waals surface area contributed by atoms with E-state index in [2.05, 4.69) is 25.5 Å². The smallest absolute Gasteiger partial charge is 0.308 e. The summed E-state index contributed by atoms with van der Waals surface area (Å²) in [7, 11) is 0. The average molecular weight is 386 g/mol. The molecule has 1 aromatic carbocycles. The van der Waals surface area contributed by atoms with E-state index in [0.29, 0.717) is 26.7 Å². The van der Waals surface area contributed by atoms with Crippen LogP contribution in [0.15, 0.2) is 42.7 Å².